The molecule has 0 atom stereocenters. The molecule has 2 rings (SSSR count). The molecular weight excluding hydrogens is 301 g/mol. The molecule has 0 unspecified atom stereocenters. The van der Waals surface area contributed by atoms with Crippen LogP contribution in [0.1, 0.15) is 16.7 Å². The number of hydroxylamine groups is 1. The Morgan fingerprint density at radius 1 is 1.26 bits per heavy atom. The Hall–Kier alpha value is -2.60. The maximum atomic E-state index is 14.1. The van der Waals surface area contributed by atoms with Gasteiger partial charge < -0.3 is 9.47 Å². The number of carbonyl (C=O) groups excluding carboxylic acids is 1. The van der Waals surface area contributed by atoms with Gasteiger partial charge in [0.05, 0.1) is 18.4 Å². The van der Waals surface area contributed by atoms with E-state index in [1.54, 1.807) is 6.07 Å². The van der Waals surface area contributed by atoms with Crippen LogP contribution in [0.3, 0.4) is 0 Å². The zero-order valence-electron chi connectivity index (χ0n) is 13.2. The molecule has 0 saturated heterocycles. The monoisotopic (exact) mass is 319 g/mol. The lowest BCUT2D eigenvalue weighted by Gasteiger charge is -2.18. The number of hydrogen-bond donors (Lipinski definition) is 1. The van der Waals surface area contributed by atoms with Crippen molar-refractivity contribution in [3.63, 3.8) is 0 Å². The molecule has 0 spiro atoms. The van der Waals surface area contributed by atoms with Crippen molar-refractivity contribution in [2.45, 2.75) is 20.5 Å². The summed E-state index contributed by atoms with van der Waals surface area (Å²) in [6.45, 7) is 3.71. The van der Waals surface area contributed by atoms with Gasteiger partial charge in [0, 0.05) is 0 Å². The van der Waals surface area contributed by atoms with Crippen LogP contribution in [-0.2, 0) is 11.3 Å². The summed E-state index contributed by atoms with van der Waals surface area (Å²) < 4.78 is 24.1. The first-order chi connectivity index (χ1) is 10.9. The van der Waals surface area contributed by atoms with Crippen LogP contribution in [-0.4, -0.2) is 18.4 Å². The summed E-state index contributed by atoms with van der Waals surface area (Å²) in [5.74, 6) is 0.0163. The van der Waals surface area contributed by atoms with E-state index in [4.69, 9.17) is 4.74 Å². The molecule has 0 heterocycles. The summed E-state index contributed by atoms with van der Waals surface area (Å²) in [6.07, 6.45) is -1.01. The first-order valence-electron chi connectivity index (χ1n) is 6.98. The molecule has 23 heavy (non-hydrogen) atoms. The molecule has 0 aromatic heterocycles. The highest BCUT2D eigenvalue weighted by atomic mass is 19.1. The van der Waals surface area contributed by atoms with Crippen LogP contribution in [0, 0.1) is 19.7 Å². The van der Waals surface area contributed by atoms with Gasteiger partial charge in [0.1, 0.15) is 18.2 Å². The van der Waals surface area contributed by atoms with Crippen molar-refractivity contribution in [2.75, 3.05) is 12.2 Å². The highest BCUT2D eigenvalue weighted by Gasteiger charge is 2.20. The van der Waals surface area contributed by atoms with E-state index in [9.17, 15) is 14.4 Å². The number of aryl methyl sites for hydroxylation is 2. The summed E-state index contributed by atoms with van der Waals surface area (Å²) in [5, 5.41) is 10.1. The molecule has 0 fully saturated rings. The van der Waals surface area contributed by atoms with Gasteiger partial charge in [-0.2, -0.15) is 5.06 Å². The van der Waals surface area contributed by atoms with E-state index >= 15 is 0 Å². The van der Waals surface area contributed by atoms with E-state index in [1.807, 2.05) is 26.0 Å². The molecule has 0 aliphatic heterocycles. The van der Waals surface area contributed by atoms with Gasteiger partial charge in [-0.05, 0) is 37.6 Å². The number of benzene rings is 2. The summed E-state index contributed by atoms with van der Waals surface area (Å²) in [7, 11) is 1.12. The lowest BCUT2D eigenvalue weighted by atomic mass is 10.1. The first-order valence-corrected chi connectivity index (χ1v) is 6.98. The van der Waals surface area contributed by atoms with Crippen LogP contribution in [0.15, 0.2) is 36.4 Å². The molecular formula is C17H18FNO4. The molecule has 122 valence electrons. The minimum Gasteiger partial charge on any atom is -0.488 e. The molecule has 5 nitrogen and oxygen atoms in total. The number of methoxy groups -OCH3 is 1. The fourth-order valence-electron chi connectivity index (χ4n) is 2.18. The second-order valence-electron chi connectivity index (χ2n) is 5.08. The molecule has 0 aliphatic rings. The van der Waals surface area contributed by atoms with Gasteiger partial charge in [-0.15, -0.1) is 0 Å². The third kappa shape index (κ3) is 3.78. The summed E-state index contributed by atoms with van der Waals surface area (Å²) in [6, 6.07) is 9.65. The van der Waals surface area contributed by atoms with Gasteiger partial charge in [0.15, 0.2) is 0 Å². The molecule has 0 radical (unpaired) electrons. The SMILES string of the molecule is COC(=O)N(O)c1cccc(F)c1COc1ccc(C)cc1C. The third-order valence-electron chi connectivity index (χ3n) is 3.37. The van der Waals surface area contributed by atoms with Crippen LogP contribution in [0.25, 0.3) is 0 Å². The Labute approximate surface area is 133 Å². The minimum absolute atomic E-state index is 0.0263. The number of carbonyl (C=O) groups is 1. The van der Waals surface area contributed by atoms with Crippen LogP contribution in [0.2, 0.25) is 0 Å². The minimum atomic E-state index is -1.01. The van der Waals surface area contributed by atoms with E-state index in [-0.39, 0.29) is 22.9 Å². The van der Waals surface area contributed by atoms with Crippen molar-refractivity contribution in [1.82, 2.24) is 0 Å². The van der Waals surface area contributed by atoms with E-state index in [1.165, 1.54) is 18.2 Å². The Bertz CT molecular complexity index is 718. The number of hydrogen-bond acceptors (Lipinski definition) is 4. The molecule has 1 N–H and O–H groups in total. The smallest absolute Gasteiger partial charge is 0.438 e. The van der Waals surface area contributed by atoms with Crippen molar-refractivity contribution in [1.29, 1.82) is 0 Å². The quantitative estimate of drug-likeness (QED) is 0.684. The van der Waals surface area contributed by atoms with Gasteiger partial charge in [-0.1, -0.05) is 23.8 Å². The first kappa shape index (κ1) is 16.8. The van der Waals surface area contributed by atoms with Gasteiger partial charge in [0.2, 0.25) is 0 Å². The van der Waals surface area contributed by atoms with Gasteiger partial charge in [-0.25, -0.2) is 9.18 Å². The Morgan fingerprint density at radius 3 is 2.65 bits per heavy atom. The van der Waals surface area contributed by atoms with E-state index in [2.05, 4.69) is 4.74 Å². The maximum absolute atomic E-state index is 14.1. The molecule has 0 aliphatic carbocycles. The largest absolute Gasteiger partial charge is 0.488 e. The molecule has 2 aromatic rings. The van der Waals surface area contributed by atoms with Gasteiger partial charge in [-0.3, -0.25) is 5.21 Å². The van der Waals surface area contributed by atoms with Crippen LogP contribution in [0.4, 0.5) is 14.9 Å². The second kappa shape index (κ2) is 7.11. The lowest BCUT2D eigenvalue weighted by Crippen LogP contribution is -2.28. The van der Waals surface area contributed by atoms with E-state index < -0.39 is 11.9 Å². The van der Waals surface area contributed by atoms with Crippen molar-refractivity contribution in [3.8, 4) is 5.75 Å². The average Bonchev–Trinajstić information content (AvgIpc) is 2.53. The molecule has 0 bridgehead atoms. The lowest BCUT2D eigenvalue weighted by molar-refractivity contribution is 0.140. The highest BCUT2D eigenvalue weighted by molar-refractivity contribution is 5.85. The Morgan fingerprint density at radius 2 is 2.00 bits per heavy atom. The zero-order valence-corrected chi connectivity index (χ0v) is 13.2. The number of ether oxygens (including phenoxy) is 2. The van der Waals surface area contributed by atoms with Crippen LogP contribution in [0.5, 0.6) is 5.75 Å². The number of rotatable bonds is 4. The second-order valence-corrected chi connectivity index (χ2v) is 5.08. The van der Waals surface area contributed by atoms with Crippen molar-refractivity contribution >= 4 is 11.8 Å². The summed E-state index contributed by atoms with van der Waals surface area (Å²) >= 11 is 0. The molecule has 6 heteroatoms. The van der Waals surface area contributed by atoms with Crippen molar-refractivity contribution in [2.24, 2.45) is 0 Å². The Kier molecular flexibility index (Phi) is 5.18. The number of amides is 1. The number of nitrogens with zero attached hydrogens (tertiary/aromatic N) is 1. The normalized spacial score (nSPS) is 10.3. The zero-order chi connectivity index (χ0) is 17.0. The number of halogens is 1. The number of anilines is 1. The molecule has 2 aromatic carbocycles. The van der Waals surface area contributed by atoms with Crippen LogP contribution < -0.4 is 9.80 Å². The predicted molar refractivity (Wildman–Crippen MR) is 83.3 cm³/mol. The fourth-order valence-corrected chi connectivity index (χ4v) is 2.18. The van der Waals surface area contributed by atoms with Gasteiger partial charge in [0.25, 0.3) is 0 Å². The van der Waals surface area contributed by atoms with E-state index in [0.717, 1.165) is 18.2 Å². The molecule has 1 amide bonds. The summed E-state index contributed by atoms with van der Waals surface area (Å²) in [4.78, 5) is 11.4. The van der Waals surface area contributed by atoms with E-state index in [0.29, 0.717) is 5.75 Å². The Balaban J connectivity index is 2.27. The topological polar surface area (TPSA) is 59.0 Å². The van der Waals surface area contributed by atoms with Crippen LogP contribution >= 0.6 is 0 Å². The van der Waals surface area contributed by atoms with Gasteiger partial charge >= 0.3 is 6.09 Å². The standard InChI is InChI=1S/C17H18FNO4/c1-11-7-8-16(12(2)9-11)23-10-13-14(18)5-4-6-15(13)19(21)17(20)22-3/h4-9,21H,10H2,1-3H3. The maximum Gasteiger partial charge on any atom is 0.438 e. The highest BCUT2D eigenvalue weighted by Crippen LogP contribution is 2.26. The van der Waals surface area contributed by atoms with Crippen molar-refractivity contribution in [3.05, 3.63) is 58.9 Å². The fraction of sp³-hybridized carbons (Fsp3) is 0.235. The average molecular weight is 319 g/mol. The molecule has 0 saturated carbocycles. The predicted octanol–water partition coefficient (Wildman–Crippen LogP) is 3.98. The van der Waals surface area contributed by atoms with Crippen molar-refractivity contribution < 1.29 is 23.9 Å². The summed E-state index contributed by atoms with van der Waals surface area (Å²) in [5.41, 5.74) is 2.03. The third-order valence-corrected chi connectivity index (χ3v) is 3.37.